The van der Waals surface area contributed by atoms with Crippen LogP contribution >= 0.6 is 15.9 Å². The third-order valence-electron chi connectivity index (χ3n) is 3.82. The van der Waals surface area contributed by atoms with Gasteiger partial charge in [0.25, 0.3) is 0 Å². The van der Waals surface area contributed by atoms with Gasteiger partial charge in [-0.3, -0.25) is 5.10 Å². The van der Waals surface area contributed by atoms with Crippen LogP contribution in [0.25, 0.3) is 11.3 Å². The summed E-state index contributed by atoms with van der Waals surface area (Å²) in [5, 5.41) is 16.1. The first-order valence-electron chi connectivity index (χ1n) is 7.39. The second-order valence-electron chi connectivity index (χ2n) is 5.47. The number of nitrogens with zero attached hydrogens (tertiary/aromatic N) is 1. The molecule has 6 nitrogen and oxygen atoms in total. The van der Waals surface area contributed by atoms with E-state index in [2.05, 4.69) is 26.1 Å². The highest BCUT2D eigenvalue weighted by atomic mass is 79.9. The van der Waals surface area contributed by atoms with E-state index in [1.165, 1.54) is 0 Å². The van der Waals surface area contributed by atoms with Crippen LogP contribution in [0.4, 0.5) is 0 Å². The minimum atomic E-state index is -0.999. The quantitative estimate of drug-likeness (QED) is 0.829. The van der Waals surface area contributed by atoms with Crippen LogP contribution in [0.2, 0.25) is 0 Å². The van der Waals surface area contributed by atoms with Crippen LogP contribution < -0.4 is 4.74 Å². The number of hydrogen-bond acceptors (Lipinski definition) is 4. The first-order chi connectivity index (χ1) is 11.1. The summed E-state index contributed by atoms with van der Waals surface area (Å²) < 4.78 is 12.1. The van der Waals surface area contributed by atoms with Gasteiger partial charge in [0.2, 0.25) is 0 Å². The molecule has 0 radical (unpaired) electrons. The maximum atomic E-state index is 11.4. The summed E-state index contributed by atoms with van der Waals surface area (Å²) >= 11 is 3.47. The van der Waals surface area contributed by atoms with E-state index in [1.54, 1.807) is 13.0 Å². The summed E-state index contributed by atoms with van der Waals surface area (Å²) in [5.41, 5.74) is 1.84. The predicted octanol–water partition coefficient (Wildman–Crippen LogP) is 3.40. The lowest BCUT2D eigenvalue weighted by molar-refractivity contribution is 0.0677. The van der Waals surface area contributed by atoms with Crippen molar-refractivity contribution in [2.24, 2.45) is 0 Å². The molecule has 1 aliphatic heterocycles. The molecule has 0 amide bonds. The number of benzene rings is 1. The molecule has 7 heteroatoms. The van der Waals surface area contributed by atoms with E-state index in [-0.39, 0.29) is 11.7 Å². The molecule has 1 saturated heterocycles. The molecule has 0 aliphatic carbocycles. The van der Waals surface area contributed by atoms with Crippen LogP contribution in [-0.2, 0) is 4.74 Å². The summed E-state index contributed by atoms with van der Waals surface area (Å²) in [7, 11) is 0. The van der Waals surface area contributed by atoms with Crippen molar-refractivity contribution in [2.45, 2.75) is 25.9 Å². The Kier molecular flexibility index (Phi) is 4.68. The van der Waals surface area contributed by atoms with Gasteiger partial charge >= 0.3 is 5.97 Å². The number of carboxylic acids is 1. The first-order valence-corrected chi connectivity index (χ1v) is 8.18. The minimum Gasteiger partial charge on any atom is -0.490 e. The van der Waals surface area contributed by atoms with Crippen molar-refractivity contribution in [2.75, 3.05) is 13.2 Å². The minimum absolute atomic E-state index is 0.147. The highest BCUT2D eigenvalue weighted by Crippen LogP contribution is 2.32. The molecule has 0 bridgehead atoms. The Bertz CT molecular complexity index is 723. The van der Waals surface area contributed by atoms with Gasteiger partial charge in [0.1, 0.15) is 23.6 Å². The zero-order valence-electron chi connectivity index (χ0n) is 12.6. The Hall–Kier alpha value is -1.86. The van der Waals surface area contributed by atoms with Gasteiger partial charge in [0.15, 0.2) is 0 Å². The lowest BCUT2D eigenvalue weighted by Gasteiger charge is -2.13. The lowest BCUT2D eigenvalue weighted by Crippen LogP contribution is -2.16. The lowest BCUT2D eigenvalue weighted by atomic mass is 10.1. The van der Waals surface area contributed by atoms with Gasteiger partial charge in [0, 0.05) is 17.9 Å². The van der Waals surface area contributed by atoms with E-state index in [9.17, 15) is 9.90 Å². The number of aromatic carboxylic acids is 1. The van der Waals surface area contributed by atoms with E-state index in [0.717, 1.165) is 23.9 Å². The average molecular weight is 381 g/mol. The van der Waals surface area contributed by atoms with Crippen molar-refractivity contribution in [3.63, 3.8) is 0 Å². The molecular weight excluding hydrogens is 364 g/mol. The van der Waals surface area contributed by atoms with Crippen LogP contribution in [0.5, 0.6) is 5.75 Å². The standard InChI is InChI=1S/C16H17BrN2O4/c1-9-14(16(20)21)15(19-18-9)10-4-5-13(12(17)7-10)23-8-11-3-2-6-22-11/h4-5,7,11H,2-3,6,8H2,1H3,(H,18,19)(H,20,21). The molecule has 1 aromatic heterocycles. The number of halogens is 1. The molecule has 23 heavy (non-hydrogen) atoms. The Labute approximate surface area is 141 Å². The SMILES string of the molecule is Cc1[nH]nc(-c2ccc(OCC3CCCO3)c(Br)c2)c1C(=O)O. The summed E-state index contributed by atoms with van der Waals surface area (Å²) in [6, 6.07) is 5.43. The number of carbonyl (C=O) groups is 1. The zero-order valence-corrected chi connectivity index (χ0v) is 14.2. The molecule has 2 aromatic rings. The van der Waals surface area contributed by atoms with Gasteiger partial charge in [-0.1, -0.05) is 0 Å². The molecule has 1 atom stereocenters. The summed E-state index contributed by atoms with van der Waals surface area (Å²) in [4.78, 5) is 11.4. The highest BCUT2D eigenvalue weighted by Gasteiger charge is 2.20. The fourth-order valence-electron chi connectivity index (χ4n) is 2.62. The number of aromatic amines is 1. The maximum absolute atomic E-state index is 11.4. The summed E-state index contributed by atoms with van der Waals surface area (Å²) in [5.74, 6) is -0.297. The smallest absolute Gasteiger partial charge is 0.339 e. The van der Waals surface area contributed by atoms with Gasteiger partial charge in [0.05, 0.1) is 10.6 Å². The number of H-pyrrole nitrogens is 1. The Morgan fingerprint density at radius 2 is 2.39 bits per heavy atom. The third kappa shape index (κ3) is 3.40. The molecule has 1 fully saturated rings. The molecule has 3 rings (SSSR count). The Morgan fingerprint density at radius 1 is 1.57 bits per heavy atom. The number of carboxylic acid groups (broad SMARTS) is 1. The van der Waals surface area contributed by atoms with Gasteiger partial charge in [-0.15, -0.1) is 0 Å². The van der Waals surface area contributed by atoms with E-state index in [4.69, 9.17) is 9.47 Å². The largest absolute Gasteiger partial charge is 0.490 e. The van der Waals surface area contributed by atoms with E-state index < -0.39 is 5.97 Å². The van der Waals surface area contributed by atoms with Crippen LogP contribution in [0, 0.1) is 6.92 Å². The number of aromatic nitrogens is 2. The number of nitrogens with one attached hydrogen (secondary N) is 1. The second-order valence-corrected chi connectivity index (χ2v) is 6.32. The van der Waals surface area contributed by atoms with Crippen molar-refractivity contribution in [3.8, 4) is 17.0 Å². The maximum Gasteiger partial charge on any atom is 0.339 e. The van der Waals surface area contributed by atoms with E-state index >= 15 is 0 Å². The van der Waals surface area contributed by atoms with Crippen LogP contribution in [0.15, 0.2) is 22.7 Å². The van der Waals surface area contributed by atoms with Gasteiger partial charge in [-0.05, 0) is 53.9 Å². The van der Waals surface area contributed by atoms with Crippen LogP contribution in [-0.4, -0.2) is 40.6 Å². The van der Waals surface area contributed by atoms with E-state index in [0.29, 0.717) is 29.3 Å². The first kappa shape index (κ1) is 16.0. The average Bonchev–Trinajstić information content (AvgIpc) is 3.15. The number of rotatable bonds is 5. The monoisotopic (exact) mass is 380 g/mol. The molecule has 1 aliphatic rings. The van der Waals surface area contributed by atoms with Gasteiger partial charge in [-0.2, -0.15) is 5.10 Å². The Balaban J connectivity index is 1.80. The van der Waals surface area contributed by atoms with Crippen molar-refractivity contribution in [1.82, 2.24) is 10.2 Å². The molecule has 122 valence electrons. The van der Waals surface area contributed by atoms with Crippen molar-refractivity contribution < 1.29 is 19.4 Å². The summed E-state index contributed by atoms with van der Waals surface area (Å²) in [6.45, 7) is 3.00. The molecule has 2 heterocycles. The van der Waals surface area contributed by atoms with Gasteiger partial charge < -0.3 is 14.6 Å². The van der Waals surface area contributed by atoms with Crippen LogP contribution in [0.3, 0.4) is 0 Å². The normalized spacial score (nSPS) is 17.4. The third-order valence-corrected chi connectivity index (χ3v) is 4.43. The number of aryl methyl sites for hydroxylation is 1. The predicted molar refractivity (Wildman–Crippen MR) is 87.9 cm³/mol. The fourth-order valence-corrected chi connectivity index (χ4v) is 3.12. The molecule has 0 spiro atoms. The zero-order chi connectivity index (χ0) is 16.4. The molecule has 0 saturated carbocycles. The van der Waals surface area contributed by atoms with E-state index in [1.807, 2.05) is 12.1 Å². The highest BCUT2D eigenvalue weighted by molar-refractivity contribution is 9.10. The Morgan fingerprint density at radius 3 is 3.04 bits per heavy atom. The van der Waals surface area contributed by atoms with Crippen LogP contribution in [0.1, 0.15) is 28.9 Å². The molecular formula is C16H17BrN2O4. The van der Waals surface area contributed by atoms with Crippen molar-refractivity contribution >= 4 is 21.9 Å². The van der Waals surface area contributed by atoms with Crippen molar-refractivity contribution in [1.29, 1.82) is 0 Å². The number of hydrogen-bond donors (Lipinski definition) is 2. The molecule has 2 N–H and O–H groups in total. The second kappa shape index (κ2) is 6.72. The number of ether oxygens (including phenoxy) is 2. The topological polar surface area (TPSA) is 84.4 Å². The summed E-state index contributed by atoms with van der Waals surface area (Å²) in [6.07, 6.45) is 2.24. The molecule has 1 unspecified atom stereocenters. The molecule has 1 aromatic carbocycles. The van der Waals surface area contributed by atoms with Gasteiger partial charge in [-0.25, -0.2) is 4.79 Å². The van der Waals surface area contributed by atoms with Crippen molar-refractivity contribution in [3.05, 3.63) is 33.9 Å². The fraction of sp³-hybridized carbons (Fsp3) is 0.375.